The van der Waals surface area contributed by atoms with Crippen molar-refractivity contribution in [3.05, 3.63) is 0 Å². The Labute approximate surface area is 124 Å². The van der Waals surface area contributed by atoms with Crippen LogP contribution in [0.1, 0.15) is 64.2 Å². The number of amides is 1. The Morgan fingerprint density at radius 1 is 1.00 bits per heavy atom. The molecule has 4 nitrogen and oxygen atoms in total. The summed E-state index contributed by atoms with van der Waals surface area (Å²) in [6, 6.07) is 0.786. The molecule has 0 aromatic carbocycles. The van der Waals surface area contributed by atoms with Gasteiger partial charge in [0.15, 0.2) is 0 Å². The van der Waals surface area contributed by atoms with Gasteiger partial charge in [-0.2, -0.15) is 0 Å². The fourth-order valence-electron chi connectivity index (χ4n) is 2.47. The molecule has 19 heavy (non-hydrogen) atoms. The van der Waals surface area contributed by atoms with Gasteiger partial charge in [-0.1, -0.05) is 36.5 Å². The van der Waals surface area contributed by atoms with Gasteiger partial charge < -0.3 is 20.4 Å². The van der Waals surface area contributed by atoms with Gasteiger partial charge in [0.2, 0.25) is 0 Å². The first kappa shape index (κ1) is 17.0. The van der Waals surface area contributed by atoms with Crippen LogP contribution in [0.2, 0.25) is 0 Å². The van der Waals surface area contributed by atoms with Gasteiger partial charge in [-0.05, 0) is 38.5 Å². The van der Waals surface area contributed by atoms with Crippen LogP contribution in [0.25, 0.3) is 0 Å². The number of rotatable bonds is 3. The zero-order chi connectivity index (χ0) is 13.9. The number of carboxylic acid groups (broad SMARTS) is 1. The second-order valence-corrected chi connectivity index (χ2v) is 7.64. The van der Waals surface area contributed by atoms with E-state index in [4.69, 9.17) is 0 Å². The molecule has 2 aliphatic rings. The van der Waals surface area contributed by atoms with E-state index in [9.17, 15) is 9.90 Å². The van der Waals surface area contributed by atoms with Crippen molar-refractivity contribution in [2.75, 3.05) is 0 Å². The lowest BCUT2D eigenvalue weighted by molar-refractivity contribution is -0.425. The highest BCUT2D eigenvalue weighted by Gasteiger charge is 2.13. The molecule has 112 valence electrons. The van der Waals surface area contributed by atoms with Crippen molar-refractivity contribution in [2.24, 2.45) is 0 Å². The SMILES string of the molecule is O=C([O-])NSSC1CCCCC1.[NH3+]C1CCCCC1. The summed E-state index contributed by atoms with van der Waals surface area (Å²) in [4.78, 5) is 9.98. The average molecular weight is 306 g/mol. The first-order chi connectivity index (χ1) is 9.18. The number of quaternary nitrogens is 1. The highest BCUT2D eigenvalue weighted by Crippen LogP contribution is 2.34. The van der Waals surface area contributed by atoms with Crippen LogP contribution in [-0.4, -0.2) is 17.4 Å². The van der Waals surface area contributed by atoms with Crippen LogP contribution in [0, 0.1) is 0 Å². The lowest BCUT2D eigenvalue weighted by Crippen LogP contribution is -2.61. The maximum atomic E-state index is 9.98. The van der Waals surface area contributed by atoms with Gasteiger partial charge in [0.1, 0.15) is 6.09 Å². The molecule has 2 rings (SSSR count). The molecule has 6 heteroatoms. The van der Waals surface area contributed by atoms with Crippen molar-refractivity contribution in [2.45, 2.75) is 75.5 Å². The Kier molecular flexibility index (Phi) is 9.55. The molecular formula is C13H26N2O2S2. The molecule has 0 aromatic rings. The minimum absolute atomic E-state index is 0.621. The van der Waals surface area contributed by atoms with E-state index in [1.165, 1.54) is 75.2 Å². The Hall–Kier alpha value is -0.0700. The molecule has 2 fully saturated rings. The molecule has 4 N–H and O–H groups in total. The van der Waals surface area contributed by atoms with Crippen molar-refractivity contribution >= 4 is 27.9 Å². The van der Waals surface area contributed by atoms with E-state index in [1.807, 2.05) is 0 Å². The van der Waals surface area contributed by atoms with Crippen molar-refractivity contribution in [1.82, 2.24) is 4.72 Å². The van der Waals surface area contributed by atoms with Gasteiger partial charge in [0.25, 0.3) is 0 Å². The van der Waals surface area contributed by atoms with Crippen LogP contribution >= 0.6 is 21.8 Å². The monoisotopic (exact) mass is 306 g/mol. The molecule has 2 saturated carbocycles. The zero-order valence-corrected chi connectivity index (χ0v) is 13.2. The lowest BCUT2D eigenvalue weighted by atomic mass is 9.97. The van der Waals surface area contributed by atoms with E-state index in [0.717, 1.165) is 6.04 Å². The number of carbonyl (C=O) groups excluding carboxylic acids is 1. The summed E-state index contributed by atoms with van der Waals surface area (Å²) in [5.74, 6) is 0. The van der Waals surface area contributed by atoms with Crippen LogP contribution in [0.3, 0.4) is 0 Å². The number of hydrogen-bond acceptors (Lipinski definition) is 4. The molecule has 1 amide bonds. The molecule has 0 aliphatic heterocycles. The van der Waals surface area contributed by atoms with Crippen molar-refractivity contribution in [1.29, 1.82) is 0 Å². The van der Waals surface area contributed by atoms with Crippen LogP contribution in [0.4, 0.5) is 4.79 Å². The Balaban J connectivity index is 0.000000218. The van der Waals surface area contributed by atoms with Crippen LogP contribution in [-0.2, 0) is 0 Å². The van der Waals surface area contributed by atoms with Crippen LogP contribution in [0.15, 0.2) is 0 Å². The van der Waals surface area contributed by atoms with Gasteiger partial charge in [-0.25, -0.2) is 0 Å². The maximum Gasteiger partial charge on any atom is 0.145 e. The van der Waals surface area contributed by atoms with Gasteiger partial charge in [0, 0.05) is 16.2 Å². The molecule has 0 saturated heterocycles. The summed E-state index contributed by atoms with van der Waals surface area (Å²) >= 11 is 0. The molecule has 0 bridgehead atoms. The lowest BCUT2D eigenvalue weighted by Gasteiger charge is -2.20. The van der Waals surface area contributed by atoms with Crippen LogP contribution < -0.4 is 15.6 Å². The number of hydrogen-bond donors (Lipinski definition) is 2. The highest BCUT2D eigenvalue weighted by atomic mass is 33.1. The third kappa shape index (κ3) is 9.46. The molecular weight excluding hydrogens is 280 g/mol. The zero-order valence-electron chi connectivity index (χ0n) is 11.6. The highest BCUT2D eigenvalue weighted by molar-refractivity contribution is 8.76. The molecule has 0 spiro atoms. The summed E-state index contributed by atoms with van der Waals surface area (Å²) < 4.78 is 2.18. The maximum absolute atomic E-state index is 9.98. The molecule has 0 atom stereocenters. The topological polar surface area (TPSA) is 79.8 Å². The minimum atomic E-state index is -1.21. The van der Waals surface area contributed by atoms with Crippen molar-refractivity contribution in [3.8, 4) is 0 Å². The second-order valence-electron chi connectivity index (χ2n) is 5.33. The van der Waals surface area contributed by atoms with E-state index in [2.05, 4.69) is 10.5 Å². The van der Waals surface area contributed by atoms with Gasteiger partial charge >= 0.3 is 0 Å². The quantitative estimate of drug-likeness (QED) is 0.618. The molecule has 0 unspecified atom stereocenters. The third-order valence-corrected chi connectivity index (χ3v) is 6.03. The Bertz CT molecular complexity index is 243. The van der Waals surface area contributed by atoms with E-state index < -0.39 is 6.09 Å². The van der Waals surface area contributed by atoms with Crippen molar-refractivity contribution in [3.63, 3.8) is 0 Å². The summed E-state index contributed by atoms with van der Waals surface area (Å²) in [5, 5.41) is 10.6. The molecule has 0 heterocycles. The fourth-order valence-corrected chi connectivity index (χ4v) is 4.59. The van der Waals surface area contributed by atoms with E-state index >= 15 is 0 Å². The summed E-state index contributed by atoms with van der Waals surface area (Å²) in [7, 11) is 2.78. The van der Waals surface area contributed by atoms with E-state index in [0.29, 0.717) is 5.25 Å². The molecule has 2 aliphatic carbocycles. The Morgan fingerprint density at radius 2 is 1.53 bits per heavy atom. The molecule has 0 radical (unpaired) electrons. The second kappa shape index (κ2) is 10.7. The van der Waals surface area contributed by atoms with E-state index in [1.54, 1.807) is 10.8 Å². The third-order valence-electron chi connectivity index (χ3n) is 3.59. The van der Waals surface area contributed by atoms with E-state index in [-0.39, 0.29) is 0 Å². The average Bonchev–Trinajstić information content (AvgIpc) is 2.41. The Morgan fingerprint density at radius 3 is 1.95 bits per heavy atom. The first-order valence-electron chi connectivity index (χ1n) is 7.31. The standard InChI is InChI=1S/C7H13NO2S2.C6H13N/c9-7(10)8-12-11-6-4-2-1-3-5-6;7-6-4-2-1-3-5-6/h6,8H,1-5H2,(H,9,10);6H,1-5,7H2. The normalized spacial score (nSPS) is 21.3. The summed E-state index contributed by atoms with van der Waals surface area (Å²) in [5.41, 5.74) is 4.00. The van der Waals surface area contributed by atoms with Crippen molar-refractivity contribution < 1.29 is 15.6 Å². The predicted molar refractivity (Wildman–Crippen MR) is 80.3 cm³/mol. The predicted octanol–water partition coefficient (Wildman–Crippen LogP) is 2.11. The minimum Gasteiger partial charge on any atom is -0.529 e. The van der Waals surface area contributed by atoms with Gasteiger partial charge in [-0.15, -0.1) is 0 Å². The fraction of sp³-hybridized carbons (Fsp3) is 0.923. The number of carbonyl (C=O) groups is 1. The largest absolute Gasteiger partial charge is 0.529 e. The van der Waals surface area contributed by atoms with Crippen LogP contribution in [0.5, 0.6) is 0 Å². The summed E-state index contributed by atoms with van der Waals surface area (Å²) in [6.07, 6.45) is 12.2. The van der Waals surface area contributed by atoms with Gasteiger partial charge in [0.05, 0.1) is 6.04 Å². The smallest absolute Gasteiger partial charge is 0.145 e. The first-order valence-corrected chi connectivity index (χ1v) is 9.52. The molecule has 0 aromatic heterocycles. The number of nitrogens with one attached hydrogen (secondary N) is 1. The summed E-state index contributed by atoms with van der Waals surface area (Å²) in [6.45, 7) is 0. The van der Waals surface area contributed by atoms with Gasteiger partial charge in [-0.3, -0.25) is 0 Å².